The predicted molar refractivity (Wildman–Crippen MR) is 78.8 cm³/mol. The molecule has 1 aromatic rings. The normalized spacial score (nSPS) is 18.0. The number of amides is 2. The number of hydrogen-bond donors (Lipinski definition) is 3. The average molecular weight is 324 g/mol. The van der Waals surface area contributed by atoms with E-state index in [-0.39, 0.29) is 6.42 Å². The predicted octanol–water partition coefficient (Wildman–Crippen LogP) is 0.538. The van der Waals surface area contributed by atoms with Gasteiger partial charge in [0.2, 0.25) is 5.91 Å². The number of aliphatic carboxylic acids is 1. The lowest BCUT2D eigenvalue weighted by Gasteiger charge is -2.37. The maximum atomic E-state index is 12.3. The Morgan fingerprint density at radius 3 is 2.61 bits per heavy atom. The van der Waals surface area contributed by atoms with E-state index in [4.69, 9.17) is 14.3 Å². The molecule has 8 heteroatoms. The summed E-state index contributed by atoms with van der Waals surface area (Å²) in [4.78, 5) is 35.3. The fourth-order valence-electron chi connectivity index (χ4n) is 2.51. The first-order chi connectivity index (χ1) is 10.9. The number of carboxylic acid groups (broad SMARTS) is 1. The van der Waals surface area contributed by atoms with Crippen LogP contribution in [-0.4, -0.2) is 47.7 Å². The third-order valence-corrected chi connectivity index (χ3v) is 3.85. The van der Waals surface area contributed by atoms with Gasteiger partial charge in [0.25, 0.3) is 5.91 Å². The molecule has 1 aliphatic heterocycles. The molecule has 1 aromatic heterocycles. The number of carbonyl (C=O) groups excluding carboxylic acids is 2. The summed E-state index contributed by atoms with van der Waals surface area (Å²) in [5.74, 6) is -1.84. The topological polar surface area (TPSA) is 118 Å². The summed E-state index contributed by atoms with van der Waals surface area (Å²) in [5, 5.41) is 14.4. The van der Waals surface area contributed by atoms with Gasteiger partial charge >= 0.3 is 5.97 Å². The van der Waals surface area contributed by atoms with Crippen LogP contribution in [0.1, 0.15) is 36.5 Å². The van der Waals surface area contributed by atoms with Gasteiger partial charge in [-0.1, -0.05) is 0 Å². The smallest absolute Gasteiger partial charge is 0.305 e. The molecule has 0 saturated carbocycles. The van der Waals surface area contributed by atoms with E-state index >= 15 is 0 Å². The zero-order valence-corrected chi connectivity index (χ0v) is 12.8. The molecule has 0 aromatic carbocycles. The van der Waals surface area contributed by atoms with Gasteiger partial charge < -0.3 is 24.9 Å². The summed E-state index contributed by atoms with van der Waals surface area (Å²) in [7, 11) is 0. The second kappa shape index (κ2) is 7.28. The van der Waals surface area contributed by atoms with Crippen molar-refractivity contribution in [3.05, 3.63) is 24.2 Å². The molecule has 1 atom stereocenters. The molecule has 3 N–H and O–H groups in total. The van der Waals surface area contributed by atoms with Gasteiger partial charge in [0.15, 0.2) is 0 Å². The SMILES string of the molecule is CC(NC(=O)c1ccoc1)C(=O)NC1(CC(=O)O)CCOCC1. The van der Waals surface area contributed by atoms with E-state index in [2.05, 4.69) is 10.6 Å². The van der Waals surface area contributed by atoms with Crippen molar-refractivity contribution in [1.29, 1.82) is 0 Å². The third-order valence-electron chi connectivity index (χ3n) is 3.85. The molecule has 8 nitrogen and oxygen atoms in total. The fraction of sp³-hybridized carbons (Fsp3) is 0.533. The second-order valence-electron chi connectivity index (χ2n) is 5.66. The molecule has 1 fully saturated rings. The highest BCUT2D eigenvalue weighted by atomic mass is 16.5. The average Bonchev–Trinajstić information content (AvgIpc) is 3.01. The Morgan fingerprint density at radius 1 is 1.35 bits per heavy atom. The molecule has 0 spiro atoms. The first-order valence-corrected chi connectivity index (χ1v) is 7.36. The van der Waals surface area contributed by atoms with E-state index in [9.17, 15) is 14.4 Å². The van der Waals surface area contributed by atoms with Gasteiger partial charge in [0.1, 0.15) is 12.3 Å². The molecule has 0 aliphatic carbocycles. The quantitative estimate of drug-likeness (QED) is 0.703. The molecule has 0 bridgehead atoms. The molecular formula is C15H20N2O6. The number of carbonyl (C=O) groups is 3. The first-order valence-electron chi connectivity index (χ1n) is 7.36. The van der Waals surface area contributed by atoms with Gasteiger partial charge in [-0.15, -0.1) is 0 Å². The van der Waals surface area contributed by atoms with Crippen LogP contribution >= 0.6 is 0 Å². The standard InChI is InChI=1S/C15H20N2O6/c1-10(16-14(21)11-2-5-23-9-11)13(20)17-15(8-12(18)19)3-6-22-7-4-15/h2,5,9-10H,3-4,6-8H2,1H3,(H,16,21)(H,17,20)(H,18,19). The summed E-state index contributed by atoms with van der Waals surface area (Å²) in [6.07, 6.45) is 3.32. The van der Waals surface area contributed by atoms with Crippen LogP contribution in [0.3, 0.4) is 0 Å². The van der Waals surface area contributed by atoms with Crippen LogP contribution in [0.2, 0.25) is 0 Å². The van der Waals surface area contributed by atoms with Gasteiger partial charge in [-0.3, -0.25) is 14.4 Å². The maximum Gasteiger partial charge on any atom is 0.305 e. The number of ether oxygens (including phenoxy) is 1. The van der Waals surface area contributed by atoms with Gasteiger partial charge in [0.05, 0.1) is 23.8 Å². The summed E-state index contributed by atoms with van der Waals surface area (Å²) >= 11 is 0. The minimum absolute atomic E-state index is 0.176. The van der Waals surface area contributed by atoms with Crippen LogP contribution in [-0.2, 0) is 14.3 Å². The van der Waals surface area contributed by atoms with Gasteiger partial charge in [-0.05, 0) is 25.8 Å². The van der Waals surface area contributed by atoms with Crippen molar-refractivity contribution in [2.24, 2.45) is 0 Å². The molecule has 1 unspecified atom stereocenters. The minimum Gasteiger partial charge on any atom is -0.481 e. The molecule has 1 saturated heterocycles. The van der Waals surface area contributed by atoms with E-state index in [1.54, 1.807) is 6.92 Å². The molecule has 2 rings (SSSR count). The van der Waals surface area contributed by atoms with Crippen molar-refractivity contribution in [3.8, 4) is 0 Å². The summed E-state index contributed by atoms with van der Waals surface area (Å²) < 4.78 is 10.1. The van der Waals surface area contributed by atoms with E-state index in [0.717, 1.165) is 0 Å². The lowest BCUT2D eigenvalue weighted by molar-refractivity contribution is -0.140. The van der Waals surface area contributed by atoms with E-state index in [0.29, 0.717) is 31.6 Å². The van der Waals surface area contributed by atoms with Crippen LogP contribution in [0.25, 0.3) is 0 Å². The summed E-state index contributed by atoms with van der Waals surface area (Å²) in [6.45, 7) is 2.33. The zero-order valence-electron chi connectivity index (χ0n) is 12.8. The molecule has 126 valence electrons. The molecule has 2 heterocycles. The lowest BCUT2D eigenvalue weighted by atomic mass is 9.86. The number of nitrogens with one attached hydrogen (secondary N) is 2. The molecule has 2 amide bonds. The largest absolute Gasteiger partial charge is 0.481 e. The highest BCUT2D eigenvalue weighted by Crippen LogP contribution is 2.24. The number of carboxylic acids is 1. The molecule has 23 heavy (non-hydrogen) atoms. The van der Waals surface area contributed by atoms with Crippen molar-refractivity contribution >= 4 is 17.8 Å². The minimum atomic E-state index is -0.984. The van der Waals surface area contributed by atoms with Gasteiger partial charge in [0, 0.05) is 13.2 Å². The Kier molecular flexibility index (Phi) is 5.38. The Labute approximate surface area is 133 Å². The molecule has 0 radical (unpaired) electrons. The number of furan rings is 1. The fourth-order valence-corrected chi connectivity index (χ4v) is 2.51. The zero-order chi connectivity index (χ0) is 16.9. The van der Waals surface area contributed by atoms with E-state index in [1.807, 2.05) is 0 Å². The third kappa shape index (κ3) is 4.56. The summed E-state index contributed by atoms with van der Waals surface area (Å²) in [6, 6.07) is 0.690. The Morgan fingerprint density at radius 2 is 2.04 bits per heavy atom. The van der Waals surface area contributed by atoms with Crippen LogP contribution in [0, 0.1) is 0 Å². The lowest BCUT2D eigenvalue weighted by Crippen LogP contribution is -2.57. The highest BCUT2D eigenvalue weighted by Gasteiger charge is 2.37. The van der Waals surface area contributed by atoms with Crippen molar-refractivity contribution in [1.82, 2.24) is 10.6 Å². The monoisotopic (exact) mass is 324 g/mol. The van der Waals surface area contributed by atoms with E-state index in [1.165, 1.54) is 18.6 Å². The van der Waals surface area contributed by atoms with Crippen LogP contribution < -0.4 is 10.6 Å². The van der Waals surface area contributed by atoms with Crippen molar-refractivity contribution in [2.75, 3.05) is 13.2 Å². The van der Waals surface area contributed by atoms with Crippen LogP contribution in [0.15, 0.2) is 23.0 Å². The Balaban J connectivity index is 1.97. The number of rotatable bonds is 6. The van der Waals surface area contributed by atoms with E-state index < -0.39 is 29.4 Å². The Hall–Kier alpha value is -2.35. The number of hydrogen-bond acceptors (Lipinski definition) is 5. The van der Waals surface area contributed by atoms with Gasteiger partial charge in [-0.25, -0.2) is 0 Å². The molecule has 1 aliphatic rings. The van der Waals surface area contributed by atoms with Crippen molar-refractivity contribution in [2.45, 2.75) is 37.8 Å². The van der Waals surface area contributed by atoms with Crippen molar-refractivity contribution < 1.29 is 28.6 Å². The maximum absolute atomic E-state index is 12.3. The van der Waals surface area contributed by atoms with Crippen LogP contribution in [0.4, 0.5) is 0 Å². The second-order valence-corrected chi connectivity index (χ2v) is 5.66. The molecular weight excluding hydrogens is 304 g/mol. The van der Waals surface area contributed by atoms with Crippen LogP contribution in [0.5, 0.6) is 0 Å². The Bertz CT molecular complexity index is 563. The highest BCUT2D eigenvalue weighted by molar-refractivity contribution is 5.97. The van der Waals surface area contributed by atoms with Gasteiger partial charge in [-0.2, -0.15) is 0 Å². The summed E-state index contributed by atoms with van der Waals surface area (Å²) in [5.41, 5.74) is -0.522. The van der Waals surface area contributed by atoms with Crippen molar-refractivity contribution in [3.63, 3.8) is 0 Å². The first kappa shape index (κ1) is 17.0.